The van der Waals surface area contributed by atoms with E-state index in [9.17, 15) is 4.79 Å². The first kappa shape index (κ1) is 14.1. The van der Waals surface area contributed by atoms with E-state index in [2.05, 4.69) is 20.6 Å². The van der Waals surface area contributed by atoms with Crippen molar-refractivity contribution in [3.8, 4) is 5.69 Å². The molecule has 1 aromatic carbocycles. The van der Waals surface area contributed by atoms with Crippen LogP contribution >= 0.6 is 11.3 Å². The molecular formula is C16H15N5OS. The summed E-state index contributed by atoms with van der Waals surface area (Å²) in [5, 5.41) is 16.9. The summed E-state index contributed by atoms with van der Waals surface area (Å²) in [6.45, 7) is 0. The number of anilines is 1. The fraction of sp³-hybridized carbons (Fsp3) is 0.250. The van der Waals surface area contributed by atoms with E-state index in [1.165, 1.54) is 24.2 Å². The quantitative estimate of drug-likeness (QED) is 0.783. The van der Waals surface area contributed by atoms with Crippen molar-refractivity contribution in [2.75, 3.05) is 5.32 Å². The molecule has 0 unspecified atom stereocenters. The maximum Gasteiger partial charge on any atom is 0.230 e. The van der Waals surface area contributed by atoms with E-state index in [-0.39, 0.29) is 12.3 Å². The van der Waals surface area contributed by atoms with Crippen molar-refractivity contribution in [1.29, 1.82) is 0 Å². The topological polar surface area (TPSA) is 72.7 Å². The van der Waals surface area contributed by atoms with Crippen LogP contribution in [0.2, 0.25) is 0 Å². The Morgan fingerprint density at radius 1 is 1.26 bits per heavy atom. The summed E-state index contributed by atoms with van der Waals surface area (Å²) >= 11 is 1.47. The highest BCUT2D eigenvalue weighted by Gasteiger charge is 2.27. The minimum absolute atomic E-state index is 0.101. The summed E-state index contributed by atoms with van der Waals surface area (Å²) < 4.78 is 1.76. The second-order valence-electron chi connectivity index (χ2n) is 5.57. The van der Waals surface area contributed by atoms with Crippen LogP contribution in [0.3, 0.4) is 0 Å². The van der Waals surface area contributed by atoms with Crippen molar-refractivity contribution in [2.24, 2.45) is 0 Å². The minimum atomic E-state index is -0.101. The Morgan fingerprint density at radius 3 is 2.87 bits per heavy atom. The lowest BCUT2D eigenvalue weighted by molar-refractivity contribution is -0.115. The smallest absolute Gasteiger partial charge is 0.230 e. The molecule has 1 saturated carbocycles. The summed E-state index contributed by atoms with van der Waals surface area (Å²) in [4.78, 5) is 12.1. The van der Waals surface area contributed by atoms with Gasteiger partial charge in [-0.15, -0.1) is 10.2 Å². The molecule has 1 N–H and O–H groups in total. The minimum Gasteiger partial charge on any atom is -0.300 e. The van der Waals surface area contributed by atoms with Gasteiger partial charge >= 0.3 is 0 Å². The van der Waals surface area contributed by atoms with Crippen molar-refractivity contribution in [1.82, 2.24) is 20.0 Å². The third-order valence-electron chi connectivity index (χ3n) is 3.64. The van der Waals surface area contributed by atoms with Gasteiger partial charge in [0.2, 0.25) is 11.0 Å². The van der Waals surface area contributed by atoms with Gasteiger partial charge < -0.3 is 5.32 Å². The Balaban J connectivity index is 1.39. The van der Waals surface area contributed by atoms with Crippen molar-refractivity contribution >= 4 is 22.4 Å². The van der Waals surface area contributed by atoms with Gasteiger partial charge in [-0.3, -0.25) is 4.79 Å². The van der Waals surface area contributed by atoms with E-state index in [0.717, 1.165) is 16.3 Å². The number of nitrogens with one attached hydrogen (secondary N) is 1. The number of carbonyl (C=O) groups excluding carboxylic acids is 1. The molecule has 1 fully saturated rings. The molecular weight excluding hydrogens is 310 g/mol. The maximum atomic E-state index is 12.1. The van der Waals surface area contributed by atoms with E-state index in [0.29, 0.717) is 11.0 Å². The number of nitrogens with zero attached hydrogens (tertiary/aromatic N) is 4. The molecule has 0 bridgehead atoms. The van der Waals surface area contributed by atoms with Crippen LogP contribution in [0.5, 0.6) is 0 Å². The van der Waals surface area contributed by atoms with Crippen LogP contribution in [-0.2, 0) is 11.2 Å². The average Bonchev–Trinajstić information content (AvgIpc) is 3.14. The molecule has 1 amide bonds. The van der Waals surface area contributed by atoms with Crippen LogP contribution in [0.4, 0.5) is 5.13 Å². The highest BCUT2D eigenvalue weighted by Crippen LogP contribution is 2.42. The zero-order chi connectivity index (χ0) is 15.6. The first-order valence-electron chi connectivity index (χ1n) is 7.50. The van der Waals surface area contributed by atoms with Crippen LogP contribution in [-0.4, -0.2) is 25.9 Å². The predicted molar refractivity (Wildman–Crippen MR) is 87.8 cm³/mol. The van der Waals surface area contributed by atoms with Crippen LogP contribution in [0, 0.1) is 0 Å². The van der Waals surface area contributed by atoms with Crippen molar-refractivity contribution in [3.63, 3.8) is 0 Å². The van der Waals surface area contributed by atoms with Crippen LogP contribution in [0.1, 0.15) is 29.3 Å². The van der Waals surface area contributed by atoms with Crippen molar-refractivity contribution in [3.05, 3.63) is 53.3 Å². The number of hydrogen-bond donors (Lipinski definition) is 1. The van der Waals surface area contributed by atoms with Crippen LogP contribution in [0.15, 0.2) is 42.7 Å². The molecule has 3 aromatic rings. The number of benzene rings is 1. The number of carbonyl (C=O) groups is 1. The Labute approximate surface area is 137 Å². The SMILES string of the molecule is O=C(Cc1cnn(-c2ccccc2)c1)Nc1nnc(C2CC2)s1. The van der Waals surface area contributed by atoms with Gasteiger partial charge in [0.05, 0.1) is 18.3 Å². The van der Waals surface area contributed by atoms with Crippen LogP contribution < -0.4 is 5.32 Å². The number of rotatable bonds is 5. The fourth-order valence-electron chi connectivity index (χ4n) is 2.30. The third kappa shape index (κ3) is 3.29. The summed E-state index contributed by atoms with van der Waals surface area (Å²) in [7, 11) is 0. The molecule has 23 heavy (non-hydrogen) atoms. The lowest BCUT2D eigenvalue weighted by Gasteiger charge is -2.00. The highest BCUT2D eigenvalue weighted by atomic mass is 32.1. The van der Waals surface area contributed by atoms with E-state index in [1.54, 1.807) is 10.9 Å². The van der Waals surface area contributed by atoms with E-state index in [4.69, 9.17) is 0 Å². The van der Waals surface area contributed by atoms with Crippen LogP contribution in [0.25, 0.3) is 5.69 Å². The van der Waals surface area contributed by atoms with E-state index >= 15 is 0 Å². The van der Waals surface area contributed by atoms with Gasteiger partial charge in [0.15, 0.2) is 0 Å². The lowest BCUT2D eigenvalue weighted by atomic mass is 10.2. The first-order chi connectivity index (χ1) is 11.3. The van der Waals surface area contributed by atoms with E-state index in [1.807, 2.05) is 36.5 Å². The highest BCUT2D eigenvalue weighted by molar-refractivity contribution is 7.15. The van der Waals surface area contributed by atoms with Gasteiger partial charge in [0.25, 0.3) is 0 Å². The Morgan fingerprint density at radius 2 is 2.09 bits per heavy atom. The zero-order valence-corrected chi connectivity index (χ0v) is 13.2. The third-order valence-corrected chi connectivity index (χ3v) is 4.64. The van der Waals surface area contributed by atoms with Gasteiger partial charge in [0, 0.05) is 12.1 Å². The molecule has 1 aliphatic rings. The van der Waals surface area contributed by atoms with Gasteiger partial charge in [-0.25, -0.2) is 4.68 Å². The molecule has 2 aromatic heterocycles. The molecule has 2 heterocycles. The predicted octanol–water partition coefficient (Wildman–Crippen LogP) is 2.78. The monoisotopic (exact) mass is 325 g/mol. The summed E-state index contributed by atoms with van der Waals surface area (Å²) in [5.41, 5.74) is 1.83. The fourth-order valence-corrected chi connectivity index (χ4v) is 3.23. The molecule has 4 rings (SSSR count). The zero-order valence-electron chi connectivity index (χ0n) is 12.3. The molecule has 0 atom stereocenters. The first-order valence-corrected chi connectivity index (χ1v) is 8.32. The molecule has 0 radical (unpaired) electrons. The molecule has 0 saturated heterocycles. The normalized spacial score (nSPS) is 13.9. The van der Waals surface area contributed by atoms with Gasteiger partial charge in [0.1, 0.15) is 5.01 Å². The number of amides is 1. The maximum absolute atomic E-state index is 12.1. The number of para-hydroxylation sites is 1. The molecule has 0 aliphatic heterocycles. The molecule has 0 spiro atoms. The molecule has 7 heteroatoms. The second-order valence-corrected chi connectivity index (χ2v) is 6.58. The van der Waals surface area contributed by atoms with Gasteiger partial charge in [-0.1, -0.05) is 29.5 Å². The summed E-state index contributed by atoms with van der Waals surface area (Å²) in [6.07, 6.45) is 6.21. The Kier molecular flexibility index (Phi) is 3.63. The van der Waals surface area contributed by atoms with Gasteiger partial charge in [-0.05, 0) is 30.5 Å². The van der Waals surface area contributed by atoms with Crippen molar-refractivity contribution in [2.45, 2.75) is 25.2 Å². The average molecular weight is 325 g/mol. The second kappa shape index (κ2) is 5.92. The summed E-state index contributed by atoms with van der Waals surface area (Å²) in [5.74, 6) is 0.457. The standard InChI is InChI=1S/C16H15N5OS/c22-14(18-16-20-19-15(23-16)12-6-7-12)8-11-9-17-21(10-11)13-4-2-1-3-5-13/h1-5,9-10,12H,6-8H2,(H,18,20,22). The number of hydrogen-bond acceptors (Lipinski definition) is 5. The van der Waals surface area contributed by atoms with E-state index < -0.39 is 0 Å². The summed E-state index contributed by atoms with van der Waals surface area (Å²) in [6, 6.07) is 9.81. The number of aromatic nitrogens is 4. The Bertz CT molecular complexity index is 822. The Hall–Kier alpha value is -2.54. The molecule has 6 nitrogen and oxygen atoms in total. The van der Waals surface area contributed by atoms with Crippen molar-refractivity contribution < 1.29 is 4.79 Å². The van der Waals surface area contributed by atoms with Gasteiger partial charge in [-0.2, -0.15) is 5.10 Å². The lowest BCUT2D eigenvalue weighted by Crippen LogP contribution is -2.13. The largest absolute Gasteiger partial charge is 0.300 e. The molecule has 116 valence electrons. The molecule has 1 aliphatic carbocycles.